The quantitative estimate of drug-likeness (QED) is 0.139. The van der Waals surface area contributed by atoms with Gasteiger partial charge in [-0.2, -0.15) is 26.3 Å². The van der Waals surface area contributed by atoms with Gasteiger partial charge in [0.25, 0.3) is 0 Å². The maximum atomic E-state index is 14.6. The van der Waals surface area contributed by atoms with Gasteiger partial charge < -0.3 is 30.4 Å². The van der Waals surface area contributed by atoms with Crippen LogP contribution in [0.5, 0.6) is 34.5 Å². The molecule has 0 atom stereocenters. The molecule has 228 valence electrons. The number of rotatable bonds is 10. The zero-order chi connectivity index (χ0) is 31.4. The molecule has 4 aromatic rings. The predicted octanol–water partition coefficient (Wildman–Crippen LogP) is 8.64. The van der Waals surface area contributed by atoms with Crippen molar-refractivity contribution in [2.24, 2.45) is 0 Å². The highest BCUT2D eigenvalue weighted by atomic mass is 19.4. The molecule has 0 bridgehead atoms. The summed E-state index contributed by atoms with van der Waals surface area (Å²) >= 11 is 0. The normalized spacial score (nSPS) is 12.1. The lowest BCUT2D eigenvalue weighted by Crippen LogP contribution is -2.54. The van der Waals surface area contributed by atoms with E-state index in [1.807, 2.05) is 0 Å². The minimum absolute atomic E-state index is 0.00730. The number of alkyl halides is 6. The van der Waals surface area contributed by atoms with Gasteiger partial charge in [-0.1, -0.05) is 24.3 Å². The van der Waals surface area contributed by atoms with Gasteiger partial charge in [-0.25, -0.2) is 0 Å². The van der Waals surface area contributed by atoms with Gasteiger partial charge in [0.1, 0.15) is 34.5 Å². The van der Waals surface area contributed by atoms with Gasteiger partial charge in [-0.15, -0.1) is 0 Å². The van der Waals surface area contributed by atoms with Crippen molar-refractivity contribution in [3.8, 4) is 34.5 Å². The van der Waals surface area contributed by atoms with E-state index >= 15 is 0 Å². The Morgan fingerprint density at radius 2 is 0.837 bits per heavy atom. The average Bonchev–Trinajstić information content (AvgIpc) is 2.93. The number of ether oxygens (including phenoxy) is 4. The number of nitrogens with two attached hydrogens (primary N) is 2. The van der Waals surface area contributed by atoms with Crippen LogP contribution in [0.2, 0.25) is 0 Å². The van der Waals surface area contributed by atoms with E-state index in [9.17, 15) is 26.3 Å². The van der Waals surface area contributed by atoms with E-state index in [2.05, 4.69) is 0 Å². The van der Waals surface area contributed by atoms with Gasteiger partial charge in [0, 0.05) is 12.1 Å². The third-order valence-corrected chi connectivity index (χ3v) is 6.47. The third kappa shape index (κ3) is 6.37. The second-order valence-corrected chi connectivity index (χ2v) is 9.26. The average molecular weight is 607 g/mol. The largest absolute Gasteiger partial charge is 0.492 e. The minimum atomic E-state index is -5.76. The number of hydrogen-bond acceptors (Lipinski definition) is 6. The second-order valence-electron chi connectivity index (χ2n) is 9.26. The Labute approximate surface area is 243 Å². The van der Waals surface area contributed by atoms with E-state index in [-0.39, 0.29) is 23.0 Å². The van der Waals surface area contributed by atoms with Crippen molar-refractivity contribution in [3.05, 3.63) is 96.1 Å². The summed E-state index contributed by atoms with van der Waals surface area (Å²) < 4.78 is 110. The zero-order valence-corrected chi connectivity index (χ0v) is 23.1. The van der Waals surface area contributed by atoms with Gasteiger partial charge in [0.05, 0.1) is 24.6 Å². The van der Waals surface area contributed by atoms with Crippen LogP contribution in [0.4, 0.5) is 37.7 Å². The van der Waals surface area contributed by atoms with Gasteiger partial charge >= 0.3 is 12.4 Å². The molecule has 6 nitrogen and oxygen atoms in total. The van der Waals surface area contributed by atoms with E-state index in [4.69, 9.17) is 30.4 Å². The fourth-order valence-electron chi connectivity index (χ4n) is 4.52. The molecule has 4 aromatic carbocycles. The van der Waals surface area contributed by atoms with Gasteiger partial charge in [-0.05, 0) is 73.5 Å². The second kappa shape index (κ2) is 12.2. The van der Waals surface area contributed by atoms with Crippen LogP contribution in [0.25, 0.3) is 0 Å². The van der Waals surface area contributed by atoms with E-state index < -0.39 is 28.9 Å². The summed E-state index contributed by atoms with van der Waals surface area (Å²) in [6.07, 6.45) is -11.5. The first-order valence-corrected chi connectivity index (χ1v) is 13.0. The Kier molecular flexibility index (Phi) is 8.88. The van der Waals surface area contributed by atoms with Crippen LogP contribution in [0.3, 0.4) is 0 Å². The predicted molar refractivity (Wildman–Crippen MR) is 150 cm³/mol. The zero-order valence-electron chi connectivity index (χ0n) is 23.1. The molecule has 0 unspecified atom stereocenters. The molecule has 0 aromatic heterocycles. The van der Waals surface area contributed by atoms with E-state index in [1.165, 1.54) is 36.4 Å². The molecule has 0 saturated heterocycles. The monoisotopic (exact) mass is 606 g/mol. The van der Waals surface area contributed by atoms with Crippen LogP contribution < -0.4 is 30.4 Å². The molecule has 12 heteroatoms. The number of halogens is 6. The molecule has 0 aliphatic heterocycles. The molecular formula is C31H28F6N2O4. The number of anilines is 2. The van der Waals surface area contributed by atoms with Gasteiger partial charge in [-0.3, -0.25) is 0 Å². The van der Waals surface area contributed by atoms with Crippen LogP contribution in [0.15, 0.2) is 84.9 Å². The van der Waals surface area contributed by atoms with Crippen LogP contribution in [0.1, 0.15) is 25.0 Å². The first-order valence-electron chi connectivity index (χ1n) is 13.0. The highest BCUT2D eigenvalue weighted by Crippen LogP contribution is 2.56. The van der Waals surface area contributed by atoms with Crippen LogP contribution >= 0.6 is 0 Å². The lowest BCUT2D eigenvalue weighted by atomic mass is 9.73. The topological polar surface area (TPSA) is 89.0 Å². The number of benzene rings is 4. The highest BCUT2D eigenvalue weighted by molar-refractivity contribution is 5.57. The van der Waals surface area contributed by atoms with Crippen molar-refractivity contribution >= 4 is 11.4 Å². The highest BCUT2D eigenvalue weighted by Gasteiger charge is 2.72. The Morgan fingerprint density at radius 1 is 0.512 bits per heavy atom. The molecule has 0 saturated carbocycles. The molecule has 0 spiro atoms. The summed E-state index contributed by atoms with van der Waals surface area (Å²) in [7, 11) is 0. The van der Waals surface area contributed by atoms with E-state index in [0.717, 1.165) is 48.5 Å². The van der Waals surface area contributed by atoms with Crippen LogP contribution in [0, 0.1) is 0 Å². The molecule has 0 heterocycles. The molecule has 4 N–H and O–H groups in total. The SMILES string of the molecule is CCOc1cc(Oc2ccc(C(c3ccc(Oc4ccc(N)c(OCC)c4)cc3)(C(F)(F)F)C(F)(F)F)cc2)ccc1N. The van der Waals surface area contributed by atoms with Crippen molar-refractivity contribution in [2.45, 2.75) is 31.6 Å². The van der Waals surface area contributed by atoms with Crippen LogP contribution in [-0.4, -0.2) is 25.6 Å². The summed E-state index contributed by atoms with van der Waals surface area (Å²) in [5, 5.41) is 0. The Hall–Kier alpha value is -4.74. The molecule has 4 rings (SSSR count). The summed E-state index contributed by atoms with van der Waals surface area (Å²) in [6.45, 7) is 4.14. The van der Waals surface area contributed by atoms with E-state index in [0.29, 0.717) is 36.1 Å². The molecular weight excluding hydrogens is 578 g/mol. The number of nitrogen functional groups attached to an aromatic ring is 2. The molecule has 43 heavy (non-hydrogen) atoms. The van der Waals surface area contributed by atoms with Gasteiger partial charge in [0.2, 0.25) is 5.41 Å². The minimum Gasteiger partial charge on any atom is -0.492 e. The smallest absolute Gasteiger partial charge is 0.411 e. The summed E-state index contributed by atoms with van der Waals surface area (Å²) in [6, 6.07) is 16.0. The molecule has 0 amide bonds. The lowest BCUT2D eigenvalue weighted by Gasteiger charge is -2.38. The fraction of sp³-hybridized carbons (Fsp3) is 0.226. The summed E-state index contributed by atoms with van der Waals surface area (Å²) in [4.78, 5) is 0. The van der Waals surface area contributed by atoms with Gasteiger partial charge in [0.15, 0.2) is 0 Å². The molecule has 0 aliphatic carbocycles. The van der Waals surface area contributed by atoms with Crippen molar-refractivity contribution in [1.29, 1.82) is 0 Å². The Balaban J connectivity index is 1.68. The lowest BCUT2D eigenvalue weighted by molar-refractivity contribution is -0.288. The summed E-state index contributed by atoms with van der Waals surface area (Å²) in [5.74, 6) is 1.12. The van der Waals surface area contributed by atoms with Crippen LogP contribution in [-0.2, 0) is 5.41 Å². The first kappa shape index (κ1) is 31.2. The van der Waals surface area contributed by atoms with E-state index in [1.54, 1.807) is 13.8 Å². The maximum Gasteiger partial charge on any atom is 0.411 e. The fourth-order valence-corrected chi connectivity index (χ4v) is 4.52. The van der Waals surface area contributed by atoms with Crippen molar-refractivity contribution < 1.29 is 45.3 Å². The van der Waals surface area contributed by atoms with Crippen molar-refractivity contribution in [1.82, 2.24) is 0 Å². The first-order chi connectivity index (χ1) is 20.3. The molecule has 0 fully saturated rings. The molecule has 0 aliphatic rings. The maximum absolute atomic E-state index is 14.6. The third-order valence-electron chi connectivity index (χ3n) is 6.47. The standard InChI is InChI=1S/C31H28F6N2O4/c1-3-40-27-17-23(13-15-25(27)38)42-21-9-5-19(6-10-21)29(30(32,33)34,31(35,36)37)20-7-11-22(12-8-20)43-24-14-16-26(39)28(18-24)41-4-2/h5-18H,3-4,38-39H2,1-2H3. The number of hydrogen-bond donors (Lipinski definition) is 2. The van der Waals surface area contributed by atoms with Crippen molar-refractivity contribution in [3.63, 3.8) is 0 Å². The summed E-state index contributed by atoms with van der Waals surface area (Å²) in [5.41, 5.74) is 5.92. The molecule has 0 radical (unpaired) electrons. The van der Waals surface area contributed by atoms with Crippen molar-refractivity contribution in [2.75, 3.05) is 24.7 Å². The Morgan fingerprint density at radius 3 is 1.14 bits per heavy atom. The Bertz CT molecular complexity index is 1420.